The molecule has 2 aromatic rings. The highest BCUT2D eigenvalue weighted by atomic mass is 16.6. The van der Waals surface area contributed by atoms with Crippen molar-refractivity contribution in [2.45, 2.75) is 50.5 Å². The number of nitrogens with zero attached hydrogens (tertiary/aromatic N) is 4. The van der Waals surface area contributed by atoms with Crippen LogP contribution in [-0.4, -0.2) is 60.7 Å². The normalized spacial score (nSPS) is 23.1. The molecule has 4 fully saturated rings. The number of hydrogen-bond donors (Lipinski definition) is 0. The van der Waals surface area contributed by atoms with Gasteiger partial charge < -0.3 is 14.5 Å². The minimum absolute atomic E-state index is 0.0398. The zero-order valence-electron chi connectivity index (χ0n) is 19.1. The molecule has 2 aliphatic carbocycles. The maximum absolute atomic E-state index is 13.1. The number of carbonyl (C=O) groups excluding carboxylic acids is 2. The first kappa shape index (κ1) is 20.5. The standard InChI is InChI=1S/C26H30N4O3/c1-17-16-30(26(32)33-17)22-8-6-20(7-9-22)25(31)29-12-10-28(11-13-29)24-23(19-4-5-19)14-21(15-27-24)18-2-3-18/h6-9,14-15,17-19H,2-5,10-13,16H2,1H3/t17-/m0/s1. The van der Waals surface area contributed by atoms with E-state index in [0.29, 0.717) is 31.1 Å². The number of rotatable bonds is 5. The topological polar surface area (TPSA) is 66.0 Å². The van der Waals surface area contributed by atoms with Crippen LogP contribution in [-0.2, 0) is 4.74 Å². The average Bonchev–Trinajstić information content (AvgIpc) is 3.76. The number of cyclic esters (lactones) is 1. The van der Waals surface area contributed by atoms with Gasteiger partial charge in [0.25, 0.3) is 5.91 Å². The van der Waals surface area contributed by atoms with Crippen LogP contribution in [0.5, 0.6) is 0 Å². The predicted molar refractivity (Wildman–Crippen MR) is 126 cm³/mol. The zero-order valence-corrected chi connectivity index (χ0v) is 19.1. The van der Waals surface area contributed by atoms with Crippen molar-refractivity contribution in [3.63, 3.8) is 0 Å². The highest BCUT2D eigenvalue weighted by molar-refractivity contribution is 5.96. The van der Waals surface area contributed by atoms with Crippen LogP contribution < -0.4 is 9.80 Å². The Morgan fingerprint density at radius 1 is 1.00 bits per heavy atom. The van der Waals surface area contributed by atoms with Crippen molar-refractivity contribution in [1.82, 2.24) is 9.88 Å². The molecule has 2 saturated carbocycles. The molecule has 3 heterocycles. The Balaban J connectivity index is 1.11. The van der Waals surface area contributed by atoms with Crippen molar-refractivity contribution < 1.29 is 14.3 Å². The van der Waals surface area contributed by atoms with Gasteiger partial charge in [0, 0.05) is 43.6 Å². The maximum Gasteiger partial charge on any atom is 0.414 e. The molecule has 0 radical (unpaired) electrons. The summed E-state index contributed by atoms with van der Waals surface area (Å²) in [7, 11) is 0. The Bertz CT molecular complexity index is 1070. The summed E-state index contributed by atoms with van der Waals surface area (Å²) in [5, 5.41) is 0. The number of piperazine rings is 1. The van der Waals surface area contributed by atoms with Crippen LogP contribution in [0.3, 0.4) is 0 Å². The lowest BCUT2D eigenvalue weighted by Gasteiger charge is -2.36. The van der Waals surface area contributed by atoms with E-state index in [4.69, 9.17) is 9.72 Å². The molecule has 0 bridgehead atoms. The number of carbonyl (C=O) groups is 2. The molecule has 172 valence electrons. The van der Waals surface area contributed by atoms with Crippen LogP contribution >= 0.6 is 0 Å². The van der Waals surface area contributed by atoms with E-state index in [1.165, 1.54) is 36.8 Å². The van der Waals surface area contributed by atoms with E-state index in [9.17, 15) is 9.59 Å². The Morgan fingerprint density at radius 2 is 1.70 bits per heavy atom. The summed E-state index contributed by atoms with van der Waals surface area (Å²) in [6.45, 7) is 5.39. The number of amides is 2. The minimum atomic E-state index is -0.331. The van der Waals surface area contributed by atoms with Crippen LogP contribution in [0.25, 0.3) is 0 Å². The molecular formula is C26H30N4O3. The van der Waals surface area contributed by atoms with E-state index >= 15 is 0 Å². The smallest absolute Gasteiger partial charge is 0.414 e. The highest BCUT2D eigenvalue weighted by Gasteiger charge is 2.33. The molecule has 6 rings (SSSR count). The second-order valence-corrected chi connectivity index (χ2v) is 9.86. The third kappa shape index (κ3) is 4.05. The lowest BCUT2D eigenvalue weighted by molar-refractivity contribution is 0.0746. The summed E-state index contributed by atoms with van der Waals surface area (Å²) in [6.07, 6.45) is 6.77. The van der Waals surface area contributed by atoms with Gasteiger partial charge in [-0.3, -0.25) is 9.69 Å². The molecule has 2 aliphatic heterocycles. The van der Waals surface area contributed by atoms with Crippen LogP contribution in [0.15, 0.2) is 36.5 Å². The maximum atomic E-state index is 13.1. The number of benzene rings is 1. The number of pyridine rings is 1. The summed E-state index contributed by atoms with van der Waals surface area (Å²) < 4.78 is 5.20. The number of ether oxygens (including phenoxy) is 1. The second-order valence-electron chi connectivity index (χ2n) is 9.86. The van der Waals surface area contributed by atoms with Crippen molar-refractivity contribution in [3.8, 4) is 0 Å². The fraction of sp³-hybridized carbons (Fsp3) is 0.500. The molecule has 2 saturated heterocycles. The Hall–Kier alpha value is -3.09. The van der Waals surface area contributed by atoms with Crippen molar-refractivity contribution in [1.29, 1.82) is 0 Å². The van der Waals surface area contributed by atoms with E-state index in [1.807, 2.05) is 36.1 Å². The summed E-state index contributed by atoms with van der Waals surface area (Å²) in [5.41, 5.74) is 4.25. The zero-order chi connectivity index (χ0) is 22.5. The van der Waals surface area contributed by atoms with E-state index < -0.39 is 0 Å². The fourth-order valence-corrected chi connectivity index (χ4v) is 4.99. The third-order valence-electron chi connectivity index (χ3n) is 7.24. The number of aromatic nitrogens is 1. The van der Waals surface area contributed by atoms with Crippen molar-refractivity contribution in [2.24, 2.45) is 0 Å². The molecule has 33 heavy (non-hydrogen) atoms. The van der Waals surface area contributed by atoms with Gasteiger partial charge in [-0.05, 0) is 79.8 Å². The van der Waals surface area contributed by atoms with Crippen molar-refractivity contribution in [2.75, 3.05) is 42.5 Å². The Kier molecular flexibility index (Phi) is 5.00. The van der Waals surface area contributed by atoms with Crippen LogP contribution in [0, 0.1) is 0 Å². The Morgan fingerprint density at radius 3 is 2.30 bits per heavy atom. The van der Waals surface area contributed by atoms with Gasteiger partial charge >= 0.3 is 6.09 Å². The van der Waals surface area contributed by atoms with Gasteiger partial charge in [0.1, 0.15) is 11.9 Å². The van der Waals surface area contributed by atoms with Crippen molar-refractivity contribution >= 4 is 23.5 Å². The van der Waals surface area contributed by atoms with Crippen molar-refractivity contribution in [3.05, 3.63) is 53.2 Å². The molecule has 0 unspecified atom stereocenters. The van der Waals surface area contributed by atoms with Crippen LogP contribution in [0.2, 0.25) is 0 Å². The van der Waals surface area contributed by atoms with Gasteiger partial charge in [0.2, 0.25) is 0 Å². The lowest BCUT2D eigenvalue weighted by Crippen LogP contribution is -2.49. The largest absolute Gasteiger partial charge is 0.444 e. The van der Waals surface area contributed by atoms with Gasteiger partial charge in [-0.25, -0.2) is 9.78 Å². The van der Waals surface area contributed by atoms with E-state index in [0.717, 1.165) is 30.5 Å². The molecule has 1 atom stereocenters. The predicted octanol–water partition coefficient (Wildman–Crippen LogP) is 4.14. The molecule has 7 nitrogen and oxygen atoms in total. The number of anilines is 2. The molecule has 1 aromatic carbocycles. The lowest BCUT2D eigenvalue weighted by atomic mass is 10.1. The fourth-order valence-electron chi connectivity index (χ4n) is 4.99. The summed E-state index contributed by atoms with van der Waals surface area (Å²) in [6, 6.07) is 9.69. The average molecular weight is 447 g/mol. The van der Waals surface area contributed by atoms with Crippen LogP contribution in [0.4, 0.5) is 16.3 Å². The van der Waals surface area contributed by atoms with E-state index in [1.54, 1.807) is 4.90 Å². The SMILES string of the molecule is C[C@H]1CN(c2ccc(C(=O)N3CCN(c4ncc(C5CC5)cc4C4CC4)CC3)cc2)C(=O)O1. The van der Waals surface area contributed by atoms with Gasteiger partial charge in [0.15, 0.2) is 0 Å². The van der Waals surface area contributed by atoms with E-state index in [2.05, 4.69) is 17.2 Å². The minimum Gasteiger partial charge on any atom is -0.444 e. The quantitative estimate of drug-likeness (QED) is 0.691. The molecule has 1 aromatic heterocycles. The van der Waals surface area contributed by atoms with Gasteiger partial charge in [-0.2, -0.15) is 0 Å². The third-order valence-corrected chi connectivity index (χ3v) is 7.24. The first-order valence-electron chi connectivity index (χ1n) is 12.2. The monoisotopic (exact) mass is 446 g/mol. The van der Waals surface area contributed by atoms with Gasteiger partial charge in [-0.1, -0.05) is 6.07 Å². The van der Waals surface area contributed by atoms with Gasteiger partial charge in [-0.15, -0.1) is 0 Å². The molecule has 0 N–H and O–H groups in total. The summed E-state index contributed by atoms with van der Waals surface area (Å²) in [4.78, 5) is 35.8. The highest BCUT2D eigenvalue weighted by Crippen LogP contribution is 2.47. The summed E-state index contributed by atoms with van der Waals surface area (Å²) >= 11 is 0. The Labute approximate surface area is 194 Å². The molecule has 2 amide bonds. The van der Waals surface area contributed by atoms with E-state index in [-0.39, 0.29) is 18.1 Å². The first-order valence-corrected chi connectivity index (χ1v) is 12.2. The summed E-state index contributed by atoms with van der Waals surface area (Å²) in [5.74, 6) is 2.56. The molecular weight excluding hydrogens is 416 g/mol. The molecule has 0 spiro atoms. The molecule has 4 aliphatic rings. The molecule has 7 heteroatoms. The van der Waals surface area contributed by atoms with Crippen LogP contribution in [0.1, 0.15) is 65.9 Å². The first-order chi connectivity index (χ1) is 16.1. The second kappa shape index (κ2) is 8.04. The van der Waals surface area contributed by atoms with Gasteiger partial charge in [0.05, 0.1) is 6.54 Å². The number of hydrogen-bond acceptors (Lipinski definition) is 5.